The van der Waals surface area contributed by atoms with Crippen molar-refractivity contribution in [2.75, 3.05) is 11.9 Å². The number of nitrogens with zero attached hydrogens (tertiary/aromatic N) is 4. The second kappa shape index (κ2) is 10.7. The fourth-order valence-electron chi connectivity index (χ4n) is 4.82. The molecule has 1 fully saturated rings. The van der Waals surface area contributed by atoms with E-state index in [-0.39, 0.29) is 6.54 Å². The van der Waals surface area contributed by atoms with Crippen molar-refractivity contribution in [3.63, 3.8) is 0 Å². The Morgan fingerprint density at radius 2 is 1.69 bits per heavy atom. The highest BCUT2D eigenvalue weighted by atomic mass is 35.5. The number of rotatable bonds is 7. The fourth-order valence-corrected chi connectivity index (χ4v) is 5.38. The van der Waals surface area contributed by atoms with E-state index >= 15 is 0 Å². The minimum atomic E-state index is -0.894. The van der Waals surface area contributed by atoms with E-state index in [2.05, 4.69) is 14.9 Å². The Bertz CT molecular complexity index is 1360. The molecule has 1 aliphatic carbocycles. The van der Waals surface area contributed by atoms with Crippen LogP contribution in [0.1, 0.15) is 31.2 Å². The average molecular weight is 531 g/mol. The molecule has 2 aromatic heterocycles. The third-order valence-electron chi connectivity index (χ3n) is 6.85. The van der Waals surface area contributed by atoms with Crippen LogP contribution in [0.3, 0.4) is 0 Å². The van der Waals surface area contributed by atoms with Gasteiger partial charge in [-0.1, -0.05) is 35.3 Å². The molecular weight excluding hydrogens is 505 g/mol. The van der Waals surface area contributed by atoms with Gasteiger partial charge in [-0.3, -0.25) is 0 Å². The Labute approximate surface area is 217 Å². The van der Waals surface area contributed by atoms with Gasteiger partial charge in [0, 0.05) is 13.1 Å². The lowest BCUT2D eigenvalue weighted by atomic mass is 9.82. The number of hydrogen-bond donors (Lipinski definition) is 2. The Balaban J connectivity index is 1.50. The summed E-state index contributed by atoms with van der Waals surface area (Å²) in [5.74, 6) is 0.248. The van der Waals surface area contributed by atoms with Gasteiger partial charge in [0.25, 0.3) is 0 Å². The first kappa shape index (κ1) is 24.9. The number of nitrogens with two attached hydrogens (primary N) is 1. The Morgan fingerprint density at radius 1 is 0.972 bits per heavy atom. The van der Waals surface area contributed by atoms with Crippen molar-refractivity contribution < 1.29 is 8.78 Å². The number of aromatic nitrogens is 4. The molecule has 5 rings (SSSR count). The standard InChI is InChI=1S/C26H26Cl2F2N6/c27-18-2-1-3-19(28)23(18)25-34-22-13-33-26(32-12-17-8-9-20(29)21(30)10-17)35-24(22)36(25)14-16-6-4-15(11-31)5-7-16/h1-3,8-10,13,15-16H,4-7,11-12,14,31H2,(H,32,33,35)/t15-,16-. The molecule has 0 amide bonds. The molecule has 2 heterocycles. The molecule has 0 bridgehead atoms. The molecule has 1 saturated carbocycles. The molecule has 0 spiro atoms. The van der Waals surface area contributed by atoms with Gasteiger partial charge in [0.1, 0.15) is 11.3 Å². The molecule has 0 unspecified atom stereocenters. The predicted octanol–water partition coefficient (Wildman–Crippen LogP) is 6.46. The number of anilines is 1. The van der Waals surface area contributed by atoms with Crippen molar-refractivity contribution in [2.24, 2.45) is 17.6 Å². The zero-order valence-corrected chi connectivity index (χ0v) is 21.0. The maximum absolute atomic E-state index is 13.6. The molecule has 6 nitrogen and oxygen atoms in total. The highest BCUT2D eigenvalue weighted by Crippen LogP contribution is 2.37. The molecule has 3 N–H and O–H groups in total. The summed E-state index contributed by atoms with van der Waals surface area (Å²) < 4.78 is 28.9. The van der Waals surface area contributed by atoms with Crippen LogP contribution in [0.25, 0.3) is 22.6 Å². The monoisotopic (exact) mass is 530 g/mol. The van der Waals surface area contributed by atoms with Crippen LogP contribution in [0.2, 0.25) is 10.0 Å². The topological polar surface area (TPSA) is 81.7 Å². The molecule has 1 aliphatic rings. The van der Waals surface area contributed by atoms with E-state index in [0.29, 0.717) is 62.5 Å². The summed E-state index contributed by atoms with van der Waals surface area (Å²) in [6, 6.07) is 9.16. The van der Waals surface area contributed by atoms with Crippen LogP contribution >= 0.6 is 23.2 Å². The summed E-state index contributed by atoms with van der Waals surface area (Å²) in [5.41, 5.74) is 8.40. The number of imidazole rings is 1. The fraction of sp³-hybridized carbons (Fsp3) is 0.346. The average Bonchev–Trinajstić information content (AvgIpc) is 3.22. The van der Waals surface area contributed by atoms with Gasteiger partial charge in [-0.2, -0.15) is 4.98 Å². The van der Waals surface area contributed by atoms with Crippen molar-refractivity contribution in [1.82, 2.24) is 19.5 Å². The first-order chi connectivity index (χ1) is 17.4. The molecule has 0 radical (unpaired) electrons. The molecule has 4 aromatic rings. The first-order valence-corrected chi connectivity index (χ1v) is 12.7. The van der Waals surface area contributed by atoms with Crippen LogP contribution in [0, 0.1) is 23.5 Å². The van der Waals surface area contributed by atoms with E-state index < -0.39 is 11.6 Å². The highest BCUT2D eigenvalue weighted by Gasteiger charge is 2.25. The third-order valence-corrected chi connectivity index (χ3v) is 7.48. The maximum atomic E-state index is 13.6. The summed E-state index contributed by atoms with van der Waals surface area (Å²) in [6.45, 7) is 1.68. The van der Waals surface area contributed by atoms with Crippen molar-refractivity contribution in [3.8, 4) is 11.4 Å². The molecule has 0 aliphatic heterocycles. The SMILES string of the molecule is NC[C@H]1CC[C@H](Cn2c(-c3c(Cl)cccc3Cl)nc3cnc(NCc4ccc(F)c(F)c4)nc32)CC1. The Hall–Kier alpha value is -2.81. The number of fused-ring (bicyclic) bond motifs is 1. The second-order valence-electron chi connectivity index (χ2n) is 9.27. The smallest absolute Gasteiger partial charge is 0.225 e. The van der Waals surface area contributed by atoms with Crippen LogP contribution in [-0.2, 0) is 13.1 Å². The minimum Gasteiger partial charge on any atom is -0.350 e. The molecule has 0 saturated heterocycles. The van der Waals surface area contributed by atoms with Gasteiger partial charge >= 0.3 is 0 Å². The molecule has 10 heteroatoms. The summed E-state index contributed by atoms with van der Waals surface area (Å²) in [4.78, 5) is 13.9. The van der Waals surface area contributed by atoms with Crippen LogP contribution < -0.4 is 11.1 Å². The third kappa shape index (κ3) is 5.16. The van der Waals surface area contributed by atoms with E-state index in [9.17, 15) is 8.78 Å². The predicted molar refractivity (Wildman–Crippen MR) is 139 cm³/mol. The zero-order chi connectivity index (χ0) is 25.2. The first-order valence-electron chi connectivity index (χ1n) is 12.0. The zero-order valence-electron chi connectivity index (χ0n) is 19.5. The van der Waals surface area contributed by atoms with Crippen molar-refractivity contribution in [2.45, 2.75) is 38.8 Å². The molecule has 2 aromatic carbocycles. The van der Waals surface area contributed by atoms with Crippen molar-refractivity contribution in [3.05, 3.63) is 69.8 Å². The van der Waals surface area contributed by atoms with E-state index in [1.165, 1.54) is 6.07 Å². The summed E-state index contributed by atoms with van der Waals surface area (Å²) in [5, 5.41) is 4.12. The lowest BCUT2D eigenvalue weighted by Crippen LogP contribution is -2.24. The Kier molecular flexibility index (Phi) is 7.37. The normalized spacial score (nSPS) is 18.0. The summed E-state index contributed by atoms with van der Waals surface area (Å²) >= 11 is 13.1. The maximum Gasteiger partial charge on any atom is 0.225 e. The van der Waals surface area contributed by atoms with Crippen molar-refractivity contribution in [1.29, 1.82) is 0 Å². The van der Waals surface area contributed by atoms with Gasteiger partial charge in [-0.05, 0) is 73.9 Å². The van der Waals surface area contributed by atoms with Gasteiger partial charge in [-0.25, -0.2) is 18.7 Å². The van der Waals surface area contributed by atoms with Crippen molar-refractivity contribution >= 4 is 40.3 Å². The number of hydrogen-bond acceptors (Lipinski definition) is 5. The lowest BCUT2D eigenvalue weighted by molar-refractivity contribution is 0.258. The highest BCUT2D eigenvalue weighted by molar-refractivity contribution is 6.39. The largest absolute Gasteiger partial charge is 0.350 e. The van der Waals surface area contributed by atoms with E-state index in [1.807, 2.05) is 0 Å². The van der Waals surface area contributed by atoms with Crippen LogP contribution in [0.4, 0.5) is 14.7 Å². The van der Waals surface area contributed by atoms with E-state index in [4.69, 9.17) is 38.9 Å². The molecule has 188 valence electrons. The molecule has 0 atom stereocenters. The van der Waals surface area contributed by atoms with Crippen LogP contribution in [0.5, 0.6) is 0 Å². The summed E-state index contributed by atoms with van der Waals surface area (Å²) in [7, 11) is 0. The van der Waals surface area contributed by atoms with Gasteiger partial charge < -0.3 is 15.6 Å². The number of benzene rings is 2. The number of halogens is 4. The summed E-state index contributed by atoms with van der Waals surface area (Å²) in [6.07, 6.45) is 6.00. The minimum absolute atomic E-state index is 0.239. The lowest BCUT2D eigenvalue weighted by Gasteiger charge is -2.28. The van der Waals surface area contributed by atoms with Gasteiger partial charge in [0.15, 0.2) is 17.3 Å². The van der Waals surface area contributed by atoms with Crippen LogP contribution in [-0.4, -0.2) is 26.1 Å². The van der Waals surface area contributed by atoms with Gasteiger partial charge in [-0.15, -0.1) is 0 Å². The van der Waals surface area contributed by atoms with Crippen LogP contribution in [0.15, 0.2) is 42.6 Å². The number of nitrogens with one attached hydrogen (secondary N) is 1. The second-order valence-corrected chi connectivity index (χ2v) is 10.1. The molecular formula is C26H26Cl2F2N6. The Morgan fingerprint density at radius 3 is 2.39 bits per heavy atom. The quantitative estimate of drug-likeness (QED) is 0.286. The van der Waals surface area contributed by atoms with E-state index in [0.717, 1.165) is 44.4 Å². The molecule has 36 heavy (non-hydrogen) atoms. The van der Waals surface area contributed by atoms with Gasteiger partial charge in [0.2, 0.25) is 5.95 Å². The van der Waals surface area contributed by atoms with Gasteiger partial charge in [0.05, 0.1) is 21.8 Å². The van der Waals surface area contributed by atoms with E-state index in [1.54, 1.807) is 24.4 Å².